The van der Waals surface area contributed by atoms with Crippen molar-refractivity contribution in [3.05, 3.63) is 18.0 Å². The second-order valence-corrected chi connectivity index (χ2v) is 4.23. The average Bonchev–Trinajstić information content (AvgIpc) is 2.70. The van der Waals surface area contributed by atoms with Gasteiger partial charge in [0.1, 0.15) is 5.69 Å². The minimum absolute atomic E-state index is 0.0679. The van der Waals surface area contributed by atoms with Crippen molar-refractivity contribution < 1.29 is 19.1 Å². The molecule has 6 heteroatoms. The van der Waals surface area contributed by atoms with E-state index in [0.29, 0.717) is 11.4 Å². The van der Waals surface area contributed by atoms with Crippen molar-refractivity contribution in [3.63, 3.8) is 0 Å². The highest BCUT2D eigenvalue weighted by atomic mass is 16.6. The zero-order valence-electron chi connectivity index (χ0n) is 11.0. The van der Waals surface area contributed by atoms with E-state index < -0.39 is 18.0 Å². The highest BCUT2D eigenvalue weighted by Crippen LogP contribution is 2.18. The molecule has 0 aliphatic heterocycles. The molecule has 1 aromatic rings. The lowest BCUT2D eigenvalue weighted by Crippen LogP contribution is -2.26. The Hall–Kier alpha value is -1.98. The van der Waals surface area contributed by atoms with Gasteiger partial charge in [-0.1, -0.05) is 0 Å². The number of nitrogen functional groups attached to an aromatic ring is 1. The number of nitrogens with zero attached hydrogens (tertiary/aromatic N) is 1. The van der Waals surface area contributed by atoms with Crippen LogP contribution < -0.4 is 5.73 Å². The molecule has 1 rings (SSSR count). The molecular weight excluding hydrogens is 236 g/mol. The van der Waals surface area contributed by atoms with Crippen molar-refractivity contribution in [1.82, 2.24) is 4.57 Å². The molecule has 0 aliphatic rings. The van der Waals surface area contributed by atoms with E-state index in [9.17, 15) is 9.59 Å². The Morgan fingerprint density at radius 3 is 2.44 bits per heavy atom. The summed E-state index contributed by atoms with van der Waals surface area (Å²) in [5.74, 6) is -1.20. The molecule has 0 aromatic carbocycles. The maximum absolute atomic E-state index is 11.9. The maximum atomic E-state index is 11.9. The lowest BCUT2D eigenvalue weighted by molar-refractivity contribution is -0.149. The van der Waals surface area contributed by atoms with Gasteiger partial charge in [-0.15, -0.1) is 0 Å². The van der Waals surface area contributed by atoms with E-state index in [1.807, 2.05) is 13.8 Å². The van der Waals surface area contributed by atoms with Crippen molar-refractivity contribution in [3.8, 4) is 0 Å². The second kappa shape index (κ2) is 5.57. The van der Waals surface area contributed by atoms with Crippen molar-refractivity contribution in [2.75, 3.05) is 12.8 Å². The normalized spacial score (nSPS) is 12.3. The first kappa shape index (κ1) is 14.1. The van der Waals surface area contributed by atoms with Crippen molar-refractivity contribution in [1.29, 1.82) is 0 Å². The third-order valence-electron chi connectivity index (χ3n) is 2.45. The van der Waals surface area contributed by atoms with Gasteiger partial charge in [-0.05, 0) is 26.8 Å². The van der Waals surface area contributed by atoms with Gasteiger partial charge in [0, 0.05) is 12.2 Å². The monoisotopic (exact) mass is 254 g/mol. The highest BCUT2D eigenvalue weighted by molar-refractivity contribution is 5.91. The summed E-state index contributed by atoms with van der Waals surface area (Å²) in [5, 5.41) is 0. The van der Waals surface area contributed by atoms with E-state index in [-0.39, 0.29) is 6.04 Å². The number of nitrogens with two attached hydrogens (primary N) is 1. The maximum Gasteiger partial charge on any atom is 0.355 e. The van der Waals surface area contributed by atoms with Gasteiger partial charge < -0.3 is 19.8 Å². The Morgan fingerprint density at radius 1 is 1.33 bits per heavy atom. The Balaban J connectivity index is 2.87. The number of methoxy groups -OCH3 is 1. The van der Waals surface area contributed by atoms with E-state index in [1.54, 1.807) is 10.8 Å². The predicted molar refractivity (Wildman–Crippen MR) is 66.1 cm³/mol. The van der Waals surface area contributed by atoms with Crippen LogP contribution in [-0.4, -0.2) is 29.7 Å². The third kappa shape index (κ3) is 3.03. The number of ether oxygens (including phenoxy) is 2. The van der Waals surface area contributed by atoms with Gasteiger partial charge in [0.2, 0.25) is 0 Å². The lowest BCUT2D eigenvalue weighted by atomic mass is 10.3. The number of esters is 2. The molecule has 0 fully saturated rings. The fraction of sp³-hybridized carbons (Fsp3) is 0.500. The number of carbonyl (C=O) groups excluding carboxylic acids is 2. The molecule has 0 saturated carbocycles. The molecule has 0 bridgehead atoms. The van der Waals surface area contributed by atoms with Crippen molar-refractivity contribution >= 4 is 17.6 Å². The summed E-state index contributed by atoms with van der Waals surface area (Å²) >= 11 is 0. The average molecular weight is 254 g/mol. The molecule has 1 unspecified atom stereocenters. The van der Waals surface area contributed by atoms with Crippen LogP contribution >= 0.6 is 0 Å². The van der Waals surface area contributed by atoms with Crippen LogP contribution in [0, 0.1) is 0 Å². The molecule has 18 heavy (non-hydrogen) atoms. The van der Waals surface area contributed by atoms with Crippen LogP contribution in [0.4, 0.5) is 5.69 Å². The van der Waals surface area contributed by atoms with Crippen molar-refractivity contribution in [2.24, 2.45) is 0 Å². The van der Waals surface area contributed by atoms with Gasteiger partial charge >= 0.3 is 11.9 Å². The van der Waals surface area contributed by atoms with E-state index in [0.717, 1.165) is 0 Å². The molecule has 1 atom stereocenters. The SMILES string of the molecule is COC(=O)C(C)OC(=O)c1cc(N)cn1C(C)C. The third-order valence-corrected chi connectivity index (χ3v) is 2.45. The smallest absolute Gasteiger partial charge is 0.355 e. The zero-order valence-corrected chi connectivity index (χ0v) is 11.0. The lowest BCUT2D eigenvalue weighted by Gasteiger charge is -2.14. The molecule has 0 aliphatic carbocycles. The highest BCUT2D eigenvalue weighted by Gasteiger charge is 2.22. The van der Waals surface area contributed by atoms with Crippen LogP contribution in [0.3, 0.4) is 0 Å². The topological polar surface area (TPSA) is 83.6 Å². The van der Waals surface area contributed by atoms with Crippen LogP contribution in [0.5, 0.6) is 0 Å². The molecule has 1 aromatic heterocycles. The first-order valence-electron chi connectivity index (χ1n) is 5.63. The summed E-state index contributed by atoms with van der Waals surface area (Å²) < 4.78 is 11.2. The number of aromatic nitrogens is 1. The second-order valence-electron chi connectivity index (χ2n) is 4.23. The molecule has 1 heterocycles. The molecule has 0 radical (unpaired) electrons. The molecule has 0 spiro atoms. The standard InChI is InChI=1S/C12H18N2O4/c1-7(2)14-6-9(13)5-10(14)12(16)18-8(3)11(15)17-4/h5-8H,13H2,1-4H3. The summed E-state index contributed by atoms with van der Waals surface area (Å²) in [7, 11) is 1.24. The molecule has 100 valence electrons. The number of hydrogen-bond acceptors (Lipinski definition) is 5. The molecule has 6 nitrogen and oxygen atoms in total. The summed E-state index contributed by atoms with van der Waals surface area (Å²) in [5.41, 5.74) is 6.44. The number of anilines is 1. The quantitative estimate of drug-likeness (QED) is 0.820. The number of rotatable bonds is 4. The van der Waals surface area contributed by atoms with Gasteiger partial charge in [-0.3, -0.25) is 0 Å². The van der Waals surface area contributed by atoms with Crippen molar-refractivity contribution in [2.45, 2.75) is 32.9 Å². The Kier molecular flexibility index (Phi) is 4.36. The Morgan fingerprint density at radius 2 is 1.94 bits per heavy atom. The largest absolute Gasteiger partial charge is 0.466 e. The van der Waals surface area contributed by atoms with Crippen LogP contribution in [0.1, 0.15) is 37.3 Å². The Bertz CT molecular complexity index is 451. The van der Waals surface area contributed by atoms with Crippen LogP contribution in [0.15, 0.2) is 12.3 Å². The molecular formula is C12H18N2O4. The molecule has 0 amide bonds. The van der Waals surface area contributed by atoms with Crippen LogP contribution in [-0.2, 0) is 14.3 Å². The van der Waals surface area contributed by atoms with Gasteiger partial charge in [0.15, 0.2) is 6.10 Å². The van der Waals surface area contributed by atoms with Gasteiger partial charge in [0.25, 0.3) is 0 Å². The predicted octanol–water partition coefficient (Wildman–Crippen LogP) is 1.37. The van der Waals surface area contributed by atoms with Crippen LogP contribution in [0.25, 0.3) is 0 Å². The summed E-state index contributed by atoms with van der Waals surface area (Å²) in [6, 6.07) is 1.59. The molecule has 2 N–H and O–H groups in total. The fourth-order valence-corrected chi connectivity index (χ4v) is 1.53. The summed E-state index contributed by atoms with van der Waals surface area (Å²) in [6.07, 6.45) is 0.712. The van der Waals surface area contributed by atoms with Crippen LogP contribution in [0.2, 0.25) is 0 Å². The number of carbonyl (C=O) groups is 2. The minimum atomic E-state index is -0.945. The zero-order chi connectivity index (χ0) is 13.9. The first-order chi connectivity index (χ1) is 8.36. The fourth-order valence-electron chi connectivity index (χ4n) is 1.53. The van der Waals surface area contributed by atoms with E-state index in [4.69, 9.17) is 10.5 Å². The van der Waals surface area contributed by atoms with Gasteiger partial charge in [0.05, 0.1) is 12.8 Å². The first-order valence-corrected chi connectivity index (χ1v) is 5.63. The summed E-state index contributed by atoms with van der Waals surface area (Å²) in [6.45, 7) is 5.29. The van der Waals surface area contributed by atoms with Gasteiger partial charge in [-0.25, -0.2) is 9.59 Å². The van der Waals surface area contributed by atoms with E-state index in [2.05, 4.69) is 4.74 Å². The Labute approximate surface area is 106 Å². The van der Waals surface area contributed by atoms with E-state index >= 15 is 0 Å². The number of hydrogen-bond donors (Lipinski definition) is 1. The van der Waals surface area contributed by atoms with E-state index in [1.165, 1.54) is 20.1 Å². The van der Waals surface area contributed by atoms with Gasteiger partial charge in [-0.2, -0.15) is 0 Å². The molecule has 0 saturated heterocycles. The minimum Gasteiger partial charge on any atom is -0.466 e. The summed E-state index contributed by atoms with van der Waals surface area (Å²) in [4.78, 5) is 23.1.